The summed E-state index contributed by atoms with van der Waals surface area (Å²) >= 11 is 0. The molecule has 0 saturated heterocycles. The second-order valence-electron chi connectivity index (χ2n) is 3.72. The number of aliphatic hydroxyl groups excluding tert-OH is 1. The maximum Gasteiger partial charge on any atom is 0.164 e. The van der Waals surface area contributed by atoms with Crippen molar-refractivity contribution < 1.29 is 9.90 Å². The lowest BCUT2D eigenvalue weighted by Gasteiger charge is -2.03. The highest BCUT2D eigenvalue weighted by Gasteiger charge is 2.08. The molecule has 76 valence electrons. The Kier molecular flexibility index (Phi) is 3.77. The normalized spacial score (nSPS) is 10.6. The van der Waals surface area contributed by atoms with Crippen molar-refractivity contribution in [3.05, 3.63) is 29.6 Å². The highest BCUT2D eigenvalue weighted by Crippen LogP contribution is 2.08. The van der Waals surface area contributed by atoms with Crippen molar-refractivity contribution in [3.63, 3.8) is 0 Å². The Labute approximate surface area is 83.8 Å². The van der Waals surface area contributed by atoms with Gasteiger partial charge in [-0.1, -0.05) is 13.8 Å². The minimum absolute atomic E-state index is 0.0847. The molecule has 3 nitrogen and oxygen atoms in total. The summed E-state index contributed by atoms with van der Waals surface area (Å²) in [5, 5.41) is 8.77. The number of aromatic nitrogens is 1. The van der Waals surface area contributed by atoms with Crippen LogP contribution in [0.3, 0.4) is 0 Å². The number of carbonyl (C=O) groups excluding carboxylic acids is 1. The van der Waals surface area contributed by atoms with Gasteiger partial charge in [0.25, 0.3) is 0 Å². The maximum absolute atomic E-state index is 11.6. The Morgan fingerprint density at radius 3 is 2.64 bits per heavy atom. The summed E-state index contributed by atoms with van der Waals surface area (Å²) in [5.74, 6) is 0.469. The fraction of sp³-hybridized carbons (Fsp3) is 0.455. The molecule has 14 heavy (non-hydrogen) atoms. The molecule has 0 amide bonds. The number of carbonyl (C=O) groups is 1. The molecule has 0 aliphatic rings. The van der Waals surface area contributed by atoms with Gasteiger partial charge in [-0.25, -0.2) is 0 Å². The topological polar surface area (TPSA) is 50.2 Å². The Balaban J connectivity index is 2.71. The molecule has 0 spiro atoms. The third kappa shape index (κ3) is 2.92. The van der Waals surface area contributed by atoms with Crippen LogP contribution >= 0.6 is 0 Å². The van der Waals surface area contributed by atoms with Crippen LogP contribution in [0.25, 0.3) is 0 Å². The summed E-state index contributed by atoms with van der Waals surface area (Å²) in [6.07, 6.45) is 2.07. The average Bonchev–Trinajstić information content (AvgIpc) is 2.17. The van der Waals surface area contributed by atoms with Gasteiger partial charge in [-0.15, -0.1) is 0 Å². The van der Waals surface area contributed by atoms with E-state index >= 15 is 0 Å². The monoisotopic (exact) mass is 193 g/mol. The number of rotatable bonds is 4. The summed E-state index contributed by atoms with van der Waals surface area (Å²) in [6, 6.07) is 3.39. The van der Waals surface area contributed by atoms with E-state index in [4.69, 9.17) is 5.11 Å². The highest BCUT2D eigenvalue weighted by molar-refractivity contribution is 5.95. The molecule has 0 aliphatic heterocycles. The zero-order valence-corrected chi connectivity index (χ0v) is 8.53. The standard InChI is InChI=1S/C11H15NO2/c1-8(2)5-11(14)9-3-4-10(7-13)12-6-9/h3-4,6,8,13H,5,7H2,1-2H3. The minimum atomic E-state index is -0.0847. The molecule has 3 heteroatoms. The molecular formula is C11H15NO2. The van der Waals surface area contributed by atoms with Crippen molar-refractivity contribution in [2.75, 3.05) is 0 Å². The first-order valence-electron chi connectivity index (χ1n) is 4.72. The van der Waals surface area contributed by atoms with Crippen LogP contribution in [0.5, 0.6) is 0 Å². The van der Waals surface area contributed by atoms with Crippen molar-refractivity contribution >= 4 is 5.78 Å². The van der Waals surface area contributed by atoms with Gasteiger partial charge in [0.05, 0.1) is 12.3 Å². The molecule has 0 saturated carbocycles. The van der Waals surface area contributed by atoms with Crippen molar-refractivity contribution in [3.8, 4) is 0 Å². The molecule has 0 atom stereocenters. The van der Waals surface area contributed by atoms with Gasteiger partial charge in [-0.3, -0.25) is 9.78 Å². The summed E-state index contributed by atoms with van der Waals surface area (Å²) < 4.78 is 0. The molecular weight excluding hydrogens is 178 g/mol. The van der Waals surface area contributed by atoms with Gasteiger partial charge in [-0.2, -0.15) is 0 Å². The van der Waals surface area contributed by atoms with E-state index in [0.717, 1.165) is 0 Å². The van der Waals surface area contributed by atoms with Gasteiger partial charge in [0.15, 0.2) is 5.78 Å². The zero-order valence-electron chi connectivity index (χ0n) is 8.53. The van der Waals surface area contributed by atoms with Crippen molar-refractivity contribution in [1.29, 1.82) is 0 Å². The molecule has 1 N–H and O–H groups in total. The van der Waals surface area contributed by atoms with Crippen molar-refractivity contribution in [1.82, 2.24) is 4.98 Å². The summed E-state index contributed by atoms with van der Waals surface area (Å²) in [4.78, 5) is 15.5. The van der Waals surface area contributed by atoms with E-state index in [-0.39, 0.29) is 12.4 Å². The number of hydrogen-bond acceptors (Lipinski definition) is 3. The van der Waals surface area contributed by atoms with Crippen LogP contribution in [-0.2, 0) is 6.61 Å². The smallest absolute Gasteiger partial charge is 0.164 e. The third-order valence-corrected chi connectivity index (χ3v) is 1.90. The number of ketones is 1. The number of Topliss-reactive ketones (excluding diaryl/α,β-unsaturated/α-hetero) is 1. The first-order valence-corrected chi connectivity index (χ1v) is 4.72. The molecule has 0 fully saturated rings. The van der Waals surface area contributed by atoms with Gasteiger partial charge >= 0.3 is 0 Å². The summed E-state index contributed by atoms with van der Waals surface area (Å²) in [7, 11) is 0. The third-order valence-electron chi connectivity index (χ3n) is 1.90. The van der Waals surface area contributed by atoms with Gasteiger partial charge in [0, 0.05) is 18.2 Å². The van der Waals surface area contributed by atoms with Crippen LogP contribution in [0.2, 0.25) is 0 Å². The lowest BCUT2D eigenvalue weighted by molar-refractivity contribution is 0.0967. The van der Waals surface area contributed by atoms with Crippen molar-refractivity contribution in [2.24, 2.45) is 5.92 Å². The Bertz CT molecular complexity index is 304. The molecule has 1 aromatic rings. The van der Waals surface area contributed by atoms with Crippen LogP contribution in [0.15, 0.2) is 18.3 Å². The average molecular weight is 193 g/mol. The van der Waals surface area contributed by atoms with E-state index in [2.05, 4.69) is 4.98 Å². The number of nitrogens with zero attached hydrogens (tertiary/aromatic N) is 1. The highest BCUT2D eigenvalue weighted by atomic mass is 16.3. The summed E-state index contributed by atoms with van der Waals surface area (Å²) in [6.45, 7) is 3.93. The van der Waals surface area contributed by atoms with Gasteiger partial charge in [-0.05, 0) is 18.1 Å². The predicted octanol–water partition coefficient (Wildman–Crippen LogP) is 1.80. The fourth-order valence-corrected chi connectivity index (χ4v) is 1.17. The van der Waals surface area contributed by atoms with Gasteiger partial charge in [0.2, 0.25) is 0 Å². The first-order chi connectivity index (χ1) is 6.63. The van der Waals surface area contributed by atoms with Gasteiger partial charge < -0.3 is 5.11 Å². The Morgan fingerprint density at radius 2 is 2.21 bits per heavy atom. The second kappa shape index (κ2) is 4.86. The molecule has 0 radical (unpaired) electrons. The molecule has 1 aromatic heterocycles. The quantitative estimate of drug-likeness (QED) is 0.742. The van der Waals surface area contributed by atoms with Crippen LogP contribution in [0, 0.1) is 5.92 Å². The summed E-state index contributed by atoms with van der Waals surface area (Å²) in [5.41, 5.74) is 1.21. The molecule has 0 aromatic carbocycles. The van der Waals surface area contributed by atoms with E-state index in [9.17, 15) is 4.79 Å². The number of aliphatic hydroxyl groups is 1. The van der Waals surface area contributed by atoms with E-state index in [1.54, 1.807) is 12.1 Å². The van der Waals surface area contributed by atoms with E-state index in [1.807, 2.05) is 13.8 Å². The SMILES string of the molecule is CC(C)CC(=O)c1ccc(CO)nc1. The Hall–Kier alpha value is -1.22. The van der Waals surface area contributed by atoms with Crippen LogP contribution in [-0.4, -0.2) is 15.9 Å². The van der Waals surface area contributed by atoms with E-state index < -0.39 is 0 Å². The molecule has 0 bridgehead atoms. The van der Waals surface area contributed by atoms with E-state index in [0.29, 0.717) is 23.6 Å². The predicted molar refractivity (Wildman–Crippen MR) is 53.9 cm³/mol. The number of pyridine rings is 1. The maximum atomic E-state index is 11.6. The largest absolute Gasteiger partial charge is 0.390 e. The van der Waals surface area contributed by atoms with Crippen LogP contribution in [0.1, 0.15) is 36.3 Å². The number of hydrogen-bond donors (Lipinski definition) is 1. The van der Waals surface area contributed by atoms with E-state index in [1.165, 1.54) is 6.20 Å². The van der Waals surface area contributed by atoms with Crippen molar-refractivity contribution in [2.45, 2.75) is 26.9 Å². The molecule has 0 aliphatic carbocycles. The second-order valence-corrected chi connectivity index (χ2v) is 3.72. The first kappa shape index (κ1) is 10.9. The fourth-order valence-electron chi connectivity index (χ4n) is 1.17. The lowest BCUT2D eigenvalue weighted by atomic mass is 10.0. The Morgan fingerprint density at radius 1 is 1.50 bits per heavy atom. The minimum Gasteiger partial charge on any atom is -0.390 e. The zero-order chi connectivity index (χ0) is 10.6. The molecule has 0 unspecified atom stereocenters. The van der Waals surface area contributed by atoms with Gasteiger partial charge in [0.1, 0.15) is 0 Å². The lowest BCUT2D eigenvalue weighted by Crippen LogP contribution is -2.04. The van der Waals surface area contributed by atoms with Crippen LogP contribution < -0.4 is 0 Å². The van der Waals surface area contributed by atoms with Crippen LogP contribution in [0.4, 0.5) is 0 Å². The molecule has 1 rings (SSSR count). The molecule has 1 heterocycles.